The maximum Gasteiger partial charge on any atom is 0.326 e. The zero-order chi connectivity index (χ0) is 9.90. The zero-order valence-electron chi connectivity index (χ0n) is 7.24. The number of imidazole rings is 1. The van der Waals surface area contributed by atoms with Gasteiger partial charge >= 0.3 is 5.97 Å². The molecule has 5 nitrogen and oxygen atoms in total. The Hall–Kier alpha value is -1.14. The lowest BCUT2D eigenvalue weighted by Crippen LogP contribution is -2.52. The number of nitrogens with one attached hydrogen (secondary N) is 1. The molecule has 1 unspecified atom stereocenters. The number of nitrogens with zero attached hydrogens (tertiary/aromatic N) is 1. The summed E-state index contributed by atoms with van der Waals surface area (Å²) in [6.45, 7) is -1.11. The van der Waals surface area contributed by atoms with Gasteiger partial charge < -0.3 is 15.8 Å². The van der Waals surface area contributed by atoms with Crippen LogP contribution in [-0.4, -0.2) is 33.3 Å². The Bertz CT molecular complexity index is 293. The standard InChI is InChI=1S/C7H10FN3O2.ClH/c8-3-7(9,6(12)13)1-5-2-10-4-11-5;/h2,4H,1,3,9H2,(H,10,11)(H,12,13);1H. The maximum absolute atomic E-state index is 12.3. The van der Waals surface area contributed by atoms with Gasteiger partial charge in [0.15, 0.2) is 0 Å². The normalized spacial score (nSPS) is 14.1. The van der Waals surface area contributed by atoms with Gasteiger partial charge in [-0.2, -0.15) is 0 Å². The third-order valence-corrected chi connectivity index (χ3v) is 1.73. The Morgan fingerprint density at radius 2 is 2.43 bits per heavy atom. The number of carbonyl (C=O) groups is 1. The Labute approximate surface area is 85.9 Å². The highest BCUT2D eigenvalue weighted by atomic mass is 35.5. The quantitative estimate of drug-likeness (QED) is 0.676. The van der Waals surface area contributed by atoms with Crippen molar-refractivity contribution in [1.29, 1.82) is 0 Å². The van der Waals surface area contributed by atoms with E-state index in [1.807, 2.05) is 0 Å². The van der Waals surface area contributed by atoms with E-state index in [2.05, 4.69) is 9.97 Å². The smallest absolute Gasteiger partial charge is 0.326 e. The molecule has 0 aliphatic heterocycles. The number of carboxylic acid groups (broad SMARTS) is 1. The van der Waals surface area contributed by atoms with Gasteiger partial charge in [0.1, 0.15) is 12.2 Å². The number of alkyl halides is 1. The number of aromatic amines is 1. The molecule has 0 radical (unpaired) electrons. The highest BCUT2D eigenvalue weighted by Crippen LogP contribution is 2.09. The summed E-state index contributed by atoms with van der Waals surface area (Å²) in [5.41, 5.74) is 3.96. The number of hydrogen-bond acceptors (Lipinski definition) is 3. The molecule has 0 saturated carbocycles. The molecule has 4 N–H and O–H groups in total. The third kappa shape index (κ3) is 2.68. The average molecular weight is 224 g/mol. The van der Waals surface area contributed by atoms with Gasteiger partial charge in [-0.15, -0.1) is 12.4 Å². The van der Waals surface area contributed by atoms with E-state index < -0.39 is 18.2 Å². The second-order valence-electron chi connectivity index (χ2n) is 2.85. The fourth-order valence-electron chi connectivity index (χ4n) is 0.901. The monoisotopic (exact) mass is 223 g/mol. The van der Waals surface area contributed by atoms with Crippen LogP contribution in [0.5, 0.6) is 0 Å². The summed E-state index contributed by atoms with van der Waals surface area (Å²) in [6, 6.07) is 0. The Balaban J connectivity index is 0.00000169. The molecule has 1 atom stereocenters. The van der Waals surface area contributed by atoms with Crippen LogP contribution in [0.3, 0.4) is 0 Å². The molecule has 1 heterocycles. The molecule has 80 valence electrons. The Morgan fingerprint density at radius 1 is 1.79 bits per heavy atom. The molecule has 0 aromatic carbocycles. The van der Waals surface area contributed by atoms with Crippen molar-refractivity contribution in [2.45, 2.75) is 12.0 Å². The number of aliphatic carboxylic acids is 1. The average Bonchev–Trinajstić information content (AvgIpc) is 2.56. The van der Waals surface area contributed by atoms with Crippen LogP contribution in [0.1, 0.15) is 5.69 Å². The summed E-state index contributed by atoms with van der Waals surface area (Å²) < 4.78 is 12.3. The molecule has 0 fully saturated rings. The fourth-order valence-corrected chi connectivity index (χ4v) is 0.901. The second kappa shape index (κ2) is 4.92. The molecule has 14 heavy (non-hydrogen) atoms. The van der Waals surface area contributed by atoms with Crippen molar-refractivity contribution in [2.75, 3.05) is 6.67 Å². The zero-order valence-corrected chi connectivity index (χ0v) is 8.05. The van der Waals surface area contributed by atoms with Crippen LogP contribution in [0.15, 0.2) is 12.5 Å². The molecular formula is C7H11ClFN3O2. The van der Waals surface area contributed by atoms with Gasteiger partial charge in [-0.25, -0.2) is 9.37 Å². The molecule has 0 amide bonds. The first-order valence-corrected chi connectivity index (χ1v) is 3.64. The number of aromatic nitrogens is 2. The summed E-state index contributed by atoms with van der Waals surface area (Å²) >= 11 is 0. The molecule has 0 aliphatic carbocycles. The summed E-state index contributed by atoms with van der Waals surface area (Å²) in [4.78, 5) is 16.9. The first-order valence-electron chi connectivity index (χ1n) is 3.64. The van der Waals surface area contributed by atoms with Crippen molar-refractivity contribution in [2.24, 2.45) is 5.73 Å². The summed E-state index contributed by atoms with van der Waals surface area (Å²) in [5.74, 6) is -1.36. The van der Waals surface area contributed by atoms with Crippen LogP contribution in [0, 0.1) is 0 Å². The number of H-pyrrole nitrogens is 1. The molecule has 1 rings (SSSR count). The van der Waals surface area contributed by atoms with Gasteiger partial charge in [0.2, 0.25) is 0 Å². The minimum atomic E-state index is -1.85. The number of carboxylic acids is 1. The molecule has 0 aliphatic rings. The lowest BCUT2D eigenvalue weighted by Gasteiger charge is -2.19. The molecule has 1 aromatic rings. The summed E-state index contributed by atoms with van der Waals surface area (Å²) in [5, 5.41) is 8.63. The number of halogens is 2. The molecule has 1 aromatic heterocycles. The van der Waals surface area contributed by atoms with E-state index >= 15 is 0 Å². The van der Waals surface area contributed by atoms with Crippen molar-refractivity contribution < 1.29 is 14.3 Å². The van der Waals surface area contributed by atoms with Gasteiger partial charge in [-0.05, 0) is 0 Å². The number of rotatable bonds is 4. The summed E-state index contributed by atoms with van der Waals surface area (Å²) in [7, 11) is 0. The van der Waals surface area contributed by atoms with Crippen molar-refractivity contribution >= 4 is 18.4 Å². The van der Waals surface area contributed by atoms with E-state index in [0.717, 1.165) is 0 Å². The van der Waals surface area contributed by atoms with E-state index in [-0.39, 0.29) is 18.8 Å². The molecule has 0 saturated heterocycles. The topological polar surface area (TPSA) is 92.0 Å². The number of nitrogens with two attached hydrogens (primary N) is 1. The number of hydrogen-bond donors (Lipinski definition) is 3. The van der Waals surface area contributed by atoms with Gasteiger partial charge in [0.05, 0.1) is 6.33 Å². The van der Waals surface area contributed by atoms with Crippen LogP contribution in [0.25, 0.3) is 0 Å². The van der Waals surface area contributed by atoms with Gasteiger partial charge in [-0.3, -0.25) is 4.79 Å². The van der Waals surface area contributed by atoms with Crippen molar-refractivity contribution in [3.05, 3.63) is 18.2 Å². The summed E-state index contributed by atoms with van der Waals surface area (Å²) in [6.07, 6.45) is 2.70. The minimum absolute atomic E-state index is 0. The van der Waals surface area contributed by atoms with Crippen LogP contribution >= 0.6 is 12.4 Å². The van der Waals surface area contributed by atoms with Gasteiger partial charge in [0.25, 0.3) is 0 Å². The van der Waals surface area contributed by atoms with Gasteiger partial charge in [0, 0.05) is 18.3 Å². The van der Waals surface area contributed by atoms with Crippen LogP contribution in [-0.2, 0) is 11.2 Å². The minimum Gasteiger partial charge on any atom is -0.480 e. The van der Waals surface area contributed by atoms with E-state index in [0.29, 0.717) is 5.69 Å². The van der Waals surface area contributed by atoms with E-state index in [1.54, 1.807) is 0 Å². The lowest BCUT2D eigenvalue weighted by atomic mass is 9.97. The van der Waals surface area contributed by atoms with E-state index in [9.17, 15) is 9.18 Å². The predicted molar refractivity (Wildman–Crippen MR) is 50.1 cm³/mol. The highest BCUT2D eigenvalue weighted by Gasteiger charge is 2.34. The first-order chi connectivity index (χ1) is 6.08. The molecule has 7 heteroatoms. The van der Waals surface area contributed by atoms with Crippen LogP contribution in [0.4, 0.5) is 4.39 Å². The van der Waals surface area contributed by atoms with Gasteiger partial charge in [-0.1, -0.05) is 0 Å². The largest absolute Gasteiger partial charge is 0.480 e. The second-order valence-corrected chi connectivity index (χ2v) is 2.85. The lowest BCUT2D eigenvalue weighted by molar-refractivity contribution is -0.144. The van der Waals surface area contributed by atoms with E-state index in [1.165, 1.54) is 12.5 Å². The fraction of sp³-hybridized carbons (Fsp3) is 0.429. The molecule has 0 bridgehead atoms. The Morgan fingerprint density at radius 3 is 2.79 bits per heavy atom. The van der Waals surface area contributed by atoms with Crippen LogP contribution in [0.2, 0.25) is 0 Å². The van der Waals surface area contributed by atoms with Crippen molar-refractivity contribution in [3.63, 3.8) is 0 Å². The molecular weight excluding hydrogens is 213 g/mol. The maximum atomic E-state index is 12.3. The SMILES string of the molecule is Cl.NC(CF)(Cc1cnc[nH]1)C(=O)O. The van der Waals surface area contributed by atoms with E-state index in [4.69, 9.17) is 10.8 Å². The predicted octanol–water partition coefficient (Wildman–Crippen LogP) is 0.126. The van der Waals surface area contributed by atoms with Crippen molar-refractivity contribution in [3.8, 4) is 0 Å². The van der Waals surface area contributed by atoms with Crippen molar-refractivity contribution in [1.82, 2.24) is 9.97 Å². The third-order valence-electron chi connectivity index (χ3n) is 1.73. The van der Waals surface area contributed by atoms with Crippen LogP contribution < -0.4 is 5.73 Å². The molecule has 0 spiro atoms. The highest BCUT2D eigenvalue weighted by molar-refractivity contribution is 5.85. The Kier molecular flexibility index (Phi) is 4.52. The first kappa shape index (κ1) is 12.9.